The highest BCUT2D eigenvalue weighted by Crippen LogP contribution is 2.65. The van der Waals surface area contributed by atoms with E-state index in [-0.39, 0.29) is 37.0 Å². The molecular weight excluding hydrogens is 436 g/mol. The minimum atomic E-state index is -1.14. The molecule has 2 bridgehead atoms. The van der Waals surface area contributed by atoms with Crippen LogP contribution in [0.1, 0.15) is 53.9 Å². The molecule has 0 aromatic rings. The van der Waals surface area contributed by atoms with E-state index in [9.17, 15) is 19.5 Å². The van der Waals surface area contributed by atoms with Crippen molar-refractivity contribution in [2.75, 3.05) is 19.8 Å². The van der Waals surface area contributed by atoms with Crippen molar-refractivity contribution in [2.45, 2.75) is 83.2 Å². The average Bonchev–Trinajstić information content (AvgIpc) is 3.39. The maximum Gasteiger partial charge on any atom is 0.313 e. The molecule has 6 atom stereocenters. The fourth-order valence-corrected chi connectivity index (χ4v) is 6.35. The van der Waals surface area contributed by atoms with E-state index in [1.165, 1.54) is 11.0 Å². The van der Waals surface area contributed by atoms with Crippen LogP contribution in [0, 0.1) is 17.8 Å². The van der Waals surface area contributed by atoms with Gasteiger partial charge in [-0.2, -0.15) is 0 Å². The monoisotopic (exact) mass is 476 g/mol. The molecule has 8 nitrogen and oxygen atoms in total. The summed E-state index contributed by atoms with van der Waals surface area (Å²) in [6.07, 6.45) is 4.74. The second-order valence-corrected chi connectivity index (χ2v) is 10.4. The van der Waals surface area contributed by atoms with Crippen molar-refractivity contribution >= 4 is 17.8 Å². The zero-order valence-corrected chi connectivity index (χ0v) is 21.2. The Kier molecular flexibility index (Phi) is 7.63. The average molecular weight is 477 g/mol. The number of aliphatic hydroxyl groups excluding tert-OH is 1. The largest absolute Gasteiger partial charge is 0.461 e. The first-order chi connectivity index (χ1) is 16.1. The quantitative estimate of drug-likeness (QED) is 0.363. The second-order valence-electron chi connectivity index (χ2n) is 10.4. The predicted octanol–water partition coefficient (Wildman–Crippen LogP) is 2.31. The summed E-state index contributed by atoms with van der Waals surface area (Å²) in [5.41, 5.74) is -1.99. The lowest BCUT2D eigenvalue weighted by atomic mass is 9.65. The number of esters is 1. The van der Waals surface area contributed by atoms with Gasteiger partial charge in [0.25, 0.3) is 0 Å². The number of nitrogens with zero attached hydrogens (tertiary/aromatic N) is 2. The van der Waals surface area contributed by atoms with Crippen LogP contribution >= 0.6 is 0 Å². The summed E-state index contributed by atoms with van der Waals surface area (Å²) in [6.45, 7) is 17.1. The van der Waals surface area contributed by atoms with Gasteiger partial charge in [-0.25, -0.2) is 0 Å². The van der Waals surface area contributed by atoms with Crippen LogP contribution in [0.3, 0.4) is 0 Å². The summed E-state index contributed by atoms with van der Waals surface area (Å²) in [6, 6.07) is -1.64. The molecule has 1 spiro atoms. The first kappa shape index (κ1) is 26.4. The van der Waals surface area contributed by atoms with E-state index in [0.717, 1.165) is 0 Å². The zero-order valence-electron chi connectivity index (χ0n) is 21.2. The fourth-order valence-electron chi connectivity index (χ4n) is 6.35. The molecule has 34 heavy (non-hydrogen) atoms. The number of carbonyl (C=O) groups excluding carboxylic acids is 3. The van der Waals surface area contributed by atoms with Crippen molar-refractivity contribution in [3.63, 3.8) is 0 Å². The van der Waals surface area contributed by atoms with Crippen molar-refractivity contribution < 1.29 is 29.0 Å². The maximum atomic E-state index is 14.1. The summed E-state index contributed by atoms with van der Waals surface area (Å²) in [5, 5.41) is 10.3. The lowest BCUT2D eigenvalue weighted by Gasteiger charge is -2.41. The van der Waals surface area contributed by atoms with Crippen LogP contribution in [-0.2, 0) is 23.9 Å². The topological polar surface area (TPSA) is 96.4 Å². The molecule has 0 saturated carbocycles. The normalized spacial score (nSPS) is 32.8. The maximum absolute atomic E-state index is 14.1. The molecule has 3 aliphatic rings. The predicted molar refractivity (Wildman–Crippen MR) is 128 cm³/mol. The summed E-state index contributed by atoms with van der Waals surface area (Å²) < 4.78 is 12.1. The molecule has 0 radical (unpaired) electrons. The lowest BCUT2D eigenvalue weighted by molar-refractivity contribution is -0.163. The standard InChI is InChI=1S/C26H40N2O6/c1-8-13-27(17(6)7)23(31)21-26-12-11-25(10-3,34-26)20(24(32)33-14-9-2)19(26)22(30)28(21)18(15-29)16(4)5/h8-9,16-21,29H,1-2,10-15H2,3-7H3/t18-,19-,20-,21?,25+,26?/m0/s1. The molecule has 3 rings (SSSR count). The van der Waals surface area contributed by atoms with Gasteiger partial charge in [0.15, 0.2) is 0 Å². The Morgan fingerprint density at radius 1 is 1.26 bits per heavy atom. The van der Waals surface area contributed by atoms with Gasteiger partial charge in [0.05, 0.1) is 24.2 Å². The minimum Gasteiger partial charge on any atom is -0.461 e. The molecule has 3 aliphatic heterocycles. The minimum absolute atomic E-state index is 0.0425. The molecule has 0 aromatic carbocycles. The Hall–Kier alpha value is -2.19. The van der Waals surface area contributed by atoms with E-state index in [4.69, 9.17) is 9.47 Å². The first-order valence-corrected chi connectivity index (χ1v) is 12.4. The van der Waals surface area contributed by atoms with Crippen LogP contribution in [0.5, 0.6) is 0 Å². The Labute approximate surface area is 202 Å². The number of rotatable bonds is 11. The van der Waals surface area contributed by atoms with Gasteiger partial charge in [0, 0.05) is 12.6 Å². The van der Waals surface area contributed by atoms with E-state index in [1.807, 2.05) is 34.6 Å². The number of likely N-dealkylation sites (tertiary alicyclic amines) is 1. The molecule has 2 amide bonds. The van der Waals surface area contributed by atoms with Gasteiger partial charge in [-0.05, 0) is 39.0 Å². The van der Waals surface area contributed by atoms with E-state index in [2.05, 4.69) is 13.2 Å². The Morgan fingerprint density at radius 3 is 2.44 bits per heavy atom. The van der Waals surface area contributed by atoms with Crippen molar-refractivity contribution in [3.05, 3.63) is 25.3 Å². The van der Waals surface area contributed by atoms with Crippen molar-refractivity contribution in [1.82, 2.24) is 9.80 Å². The molecule has 1 N–H and O–H groups in total. The van der Waals surface area contributed by atoms with Crippen molar-refractivity contribution in [2.24, 2.45) is 17.8 Å². The number of carbonyl (C=O) groups is 3. The van der Waals surface area contributed by atoms with Crippen LogP contribution in [0.25, 0.3) is 0 Å². The van der Waals surface area contributed by atoms with E-state index in [1.54, 1.807) is 11.0 Å². The van der Waals surface area contributed by atoms with Crippen molar-refractivity contribution in [1.29, 1.82) is 0 Å². The lowest BCUT2D eigenvalue weighted by Crippen LogP contribution is -2.60. The number of hydrogen-bond donors (Lipinski definition) is 1. The number of fused-ring (bicyclic) bond motifs is 1. The first-order valence-electron chi connectivity index (χ1n) is 12.4. The highest BCUT2D eigenvalue weighted by Gasteiger charge is 2.79. The number of amides is 2. The van der Waals surface area contributed by atoms with Gasteiger partial charge in [-0.1, -0.05) is 39.5 Å². The van der Waals surface area contributed by atoms with Crippen molar-refractivity contribution in [3.8, 4) is 0 Å². The summed E-state index contributed by atoms with van der Waals surface area (Å²) in [5.74, 6) is -2.79. The molecule has 2 unspecified atom stereocenters. The van der Waals surface area contributed by atoms with E-state index < -0.39 is 41.1 Å². The summed E-state index contributed by atoms with van der Waals surface area (Å²) >= 11 is 0. The van der Waals surface area contributed by atoms with Crippen LogP contribution in [-0.4, -0.2) is 81.8 Å². The van der Waals surface area contributed by atoms with Gasteiger partial charge >= 0.3 is 5.97 Å². The van der Waals surface area contributed by atoms with Gasteiger partial charge in [0.1, 0.15) is 24.2 Å². The molecule has 0 aliphatic carbocycles. The van der Waals surface area contributed by atoms with E-state index in [0.29, 0.717) is 25.8 Å². The Balaban J connectivity index is 2.17. The summed E-state index contributed by atoms with van der Waals surface area (Å²) in [7, 11) is 0. The number of aliphatic hydroxyl groups is 1. The Morgan fingerprint density at radius 2 is 1.94 bits per heavy atom. The van der Waals surface area contributed by atoms with E-state index >= 15 is 0 Å². The number of ether oxygens (including phenoxy) is 2. The van der Waals surface area contributed by atoms with Gasteiger partial charge in [-0.15, -0.1) is 6.58 Å². The highest BCUT2D eigenvalue weighted by atomic mass is 16.6. The SMILES string of the molecule is C=CCOC(=O)[C@@H]1[C@H]2C(=O)N([C@@H](CO)C(C)C)C(C(=O)N(CC=C)C(C)C)C23CC[C@@]1(CC)O3. The molecule has 190 valence electrons. The fraction of sp³-hybridized carbons (Fsp3) is 0.731. The molecule has 3 fully saturated rings. The van der Waals surface area contributed by atoms with Crippen LogP contribution in [0.4, 0.5) is 0 Å². The Bertz CT molecular complexity index is 841. The van der Waals surface area contributed by atoms with Crippen LogP contribution in [0.2, 0.25) is 0 Å². The molecule has 8 heteroatoms. The zero-order chi connectivity index (χ0) is 25.4. The summed E-state index contributed by atoms with van der Waals surface area (Å²) in [4.78, 5) is 44.7. The molecule has 3 saturated heterocycles. The number of hydrogen-bond acceptors (Lipinski definition) is 6. The van der Waals surface area contributed by atoms with Gasteiger partial charge in [0.2, 0.25) is 11.8 Å². The second kappa shape index (κ2) is 9.82. The molecule has 0 aromatic heterocycles. The van der Waals surface area contributed by atoms with Crippen LogP contribution < -0.4 is 0 Å². The van der Waals surface area contributed by atoms with Crippen LogP contribution in [0.15, 0.2) is 25.3 Å². The van der Waals surface area contributed by atoms with Gasteiger partial charge in [-0.3, -0.25) is 14.4 Å². The van der Waals surface area contributed by atoms with Gasteiger partial charge < -0.3 is 24.4 Å². The third-order valence-electron chi connectivity index (χ3n) is 8.00. The smallest absolute Gasteiger partial charge is 0.313 e. The third-order valence-corrected chi connectivity index (χ3v) is 8.00. The molecule has 3 heterocycles. The highest BCUT2D eigenvalue weighted by molar-refractivity contribution is 5.99. The third kappa shape index (κ3) is 3.79. The molecular formula is C26H40N2O6.